The number of halogens is 1. The third-order valence-corrected chi connectivity index (χ3v) is 1.95. The third kappa shape index (κ3) is 3.12. The lowest BCUT2D eigenvalue weighted by atomic mass is 10.2. The Morgan fingerprint density at radius 1 is 1.44 bits per heavy atom. The molecule has 0 bridgehead atoms. The van der Waals surface area contributed by atoms with Gasteiger partial charge >= 0.3 is 5.97 Å². The van der Waals surface area contributed by atoms with Crippen molar-refractivity contribution in [1.29, 1.82) is 0 Å². The summed E-state index contributed by atoms with van der Waals surface area (Å²) in [5.41, 5.74) is 0.107. The Bertz CT molecular complexity index is 365. The molecule has 0 amide bonds. The molecule has 1 aromatic rings. The predicted octanol–water partition coefficient (Wildman–Crippen LogP) is 2.13. The lowest BCUT2D eigenvalue weighted by Gasteiger charge is -2.10. The van der Waals surface area contributed by atoms with Crippen molar-refractivity contribution in [2.24, 2.45) is 0 Å². The van der Waals surface area contributed by atoms with Gasteiger partial charge in [-0.15, -0.1) is 0 Å². The summed E-state index contributed by atoms with van der Waals surface area (Å²) >= 11 is 0. The molecule has 0 radical (unpaired) electrons. The summed E-state index contributed by atoms with van der Waals surface area (Å²) in [6.07, 6.45) is 0.264. The predicted molar refractivity (Wildman–Crippen MR) is 56.0 cm³/mol. The topological polar surface area (TPSA) is 55.8 Å². The van der Waals surface area contributed by atoms with Gasteiger partial charge in [0.2, 0.25) is 0 Å². The number of hydrogen-bond donors (Lipinski definition) is 1. The lowest BCUT2D eigenvalue weighted by Crippen LogP contribution is -2.02. The quantitative estimate of drug-likeness (QED) is 0.758. The molecule has 5 heteroatoms. The van der Waals surface area contributed by atoms with Crippen LogP contribution in [0.25, 0.3) is 0 Å². The van der Waals surface area contributed by atoms with Crippen molar-refractivity contribution in [2.75, 3.05) is 20.4 Å². The molecular formula is C11H13FO4. The van der Waals surface area contributed by atoms with E-state index < -0.39 is 12.6 Å². The van der Waals surface area contributed by atoms with E-state index in [9.17, 15) is 9.18 Å². The van der Waals surface area contributed by atoms with Gasteiger partial charge in [0.25, 0.3) is 0 Å². The highest BCUT2D eigenvalue weighted by Gasteiger charge is 2.09. The van der Waals surface area contributed by atoms with Crippen molar-refractivity contribution < 1.29 is 23.8 Å². The van der Waals surface area contributed by atoms with Crippen molar-refractivity contribution in [1.82, 2.24) is 0 Å². The lowest BCUT2D eigenvalue weighted by molar-refractivity contribution is 0.0696. The van der Waals surface area contributed by atoms with Gasteiger partial charge in [0.1, 0.15) is 0 Å². The average molecular weight is 228 g/mol. The number of carboxylic acid groups (broad SMARTS) is 1. The number of carbonyl (C=O) groups is 1. The highest BCUT2D eigenvalue weighted by Crippen LogP contribution is 2.28. The van der Waals surface area contributed by atoms with E-state index in [1.807, 2.05) is 0 Å². The molecule has 0 saturated heterocycles. The molecule has 0 aliphatic heterocycles. The molecule has 0 saturated carbocycles. The zero-order chi connectivity index (χ0) is 12.0. The first kappa shape index (κ1) is 12.3. The Morgan fingerprint density at radius 3 is 2.75 bits per heavy atom. The van der Waals surface area contributed by atoms with E-state index in [-0.39, 0.29) is 18.6 Å². The van der Waals surface area contributed by atoms with Crippen LogP contribution in [0.4, 0.5) is 4.39 Å². The largest absolute Gasteiger partial charge is 0.493 e. The van der Waals surface area contributed by atoms with Gasteiger partial charge in [-0.25, -0.2) is 4.79 Å². The van der Waals surface area contributed by atoms with Gasteiger partial charge in [-0.2, -0.15) is 0 Å². The van der Waals surface area contributed by atoms with Crippen LogP contribution in [0, 0.1) is 0 Å². The maximum atomic E-state index is 11.9. The molecule has 0 aromatic heterocycles. The molecule has 4 nitrogen and oxygen atoms in total. The first-order chi connectivity index (χ1) is 7.69. The fraction of sp³-hybridized carbons (Fsp3) is 0.364. The van der Waals surface area contributed by atoms with Gasteiger partial charge in [0.05, 0.1) is 26.0 Å². The molecule has 1 aromatic carbocycles. The Hall–Kier alpha value is -1.78. The molecule has 16 heavy (non-hydrogen) atoms. The molecular weight excluding hydrogens is 215 g/mol. The number of alkyl halides is 1. The maximum Gasteiger partial charge on any atom is 0.335 e. The van der Waals surface area contributed by atoms with Crippen LogP contribution < -0.4 is 9.47 Å². The second-order valence-electron chi connectivity index (χ2n) is 3.06. The van der Waals surface area contributed by atoms with Crippen molar-refractivity contribution in [3.05, 3.63) is 23.8 Å². The number of carboxylic acids is 1. The number of hydrogen-bond acceptors (Lipinski definition) is 3. The number of benzene rings is 1. The monoisotopic (exact) mass is 228 g/mol. The van der Waals surface area contributed by atoms with E-state index in [4.69, 9.17) is 14.6 Å². The summed E-state index contributed by atoms with van der Waals surface area (Å²) in [5.74, 6) is -0.294. The van der Waals surface area contributed by atoms with Crippen LogP contribution in [0.3, 0.4) is 0 Å². The molecule has 0 atom stereocenters. The Morgan fingerprint density at radius 2 is 2.19 bits per heavy atom. The second-order valence-corrected chi connectivity index (χ2v) is 3.06. The van der Waals surface area contributed by atoms with Crippen LogP contribution in [-0.2, 0) is 0 Å². The zero-order valence-corrected chi connectivity index (χ0v) is 8.90. The van der Waals surface area contributed by atoms with Gasteiger partial charge in [-0.05, 0) is 18.2 Å². The number of ether oxygens (including phenoxy) is 2. The molecule has 0 aliphatic carbocycles. The molecule has 0 heterocycles. The Balaban J connectivity index is 2.84. The summed E-state index contributed by atoms with van der Waals surface area (Å²) in [6, 6.07) is 4.29. The zero-order valence-electron chi connectivity index (χ0n) is 8.90. The molecule has 1 N–H and O–H groups in total. The SMILES string of the molecule is COc1ccc(C(=O)O)cc1OCCCF. The summed E-state index contributed by atoms with van der Waals surface area (Å²) in [4.78, 5) is 10.7. The minimum absolute atomic E-state index is 0.107. The average Bonchev–Trinajstić information content (AvgIpc) is 2.29. The van der Waals surface area contributed by atoms with E-state index in [0.29, 0.717) is 11.5 Å². The second kappa shape index (κ2) is 5.95. The van der Waals surface area contributed by atoms with Crippen molar-refractivity contribution in [3.63, 3.8) is 0 Å². The number of aromatic carboxylic acids is 1. The van der Waals surface area contributed by atoms with E-state index in [1.54, 1.807) is 0 Å². The summed E-state index contributed by atoms with van der Waals surface area (Å²) in [5, 5.41) is 8.79. The van der Waals surface area contributed by atoms with Crippen molar-refractivity contribution in [2.45, 2.75) is 6.42 Å². The Labute approximate surface area is 92.6 Å². The van der Waals surface area contributed by atoms with Crippen LogP contribution in [0.1, 0.15) is 16.8 Å². The highest BCUT2D eigenvalue weighted by atomic mass is 19.1. The molecule has 0 fully saturated rings. The summed E-state index contributed by atoms with van der Waals surface area (Å²) in [6.45, 7) is -0.281. The van der Waals surface area contributed by atoms with Gasteiger partial charge in [-0.1, -0.05) is 0 Å². The van der Waals surface area contributed by atoms with E-state index in [1.165, 1.54) is 25.3 Å². The Kier molecular flexibility index (Phi) is 4.57. The molecule has 0 aliphatic rings. The van der Waals surface area contributed by atoms with Gasteiger partial charge in [0, 0.05) is 6.42 Å². The minimum atomic E-state index is -1.04. The van der Waals surface area contributed by atoms with Crippen molar-refractivity contribution >= 4 is 5.97 Å². The van der Waals surface area contributed by atoms with E-state index in [0.717, 1.165) is 0 Å². The van der Waals surface area contributed by atoms with E-state index >= 15 is 0 Å². The smallest absolute Gasteiger partial charge is 0.335 e. The summed E-state index contributed by atoms with van der Waals surface area (Å²) in [7, 11) is 1.46. The van der Waals surface area contributed by atoms with Gasteiger partial charge in [0.15, 0.2) is 11.5 Å². The first-order valence-electron chi connectivity index (χ1n) is 4.79. The van der Waals surface area contributed by atoms with Crippen LogP contribution in [-0.4, -0.2) is 31.5 Å². The summed E-state index contributed by atoms with van der Waals surface area (Å²) < 4.78 is 22.1. The van der Waals surface area contributed by atoms with Gasteiger partial charge < -0.3 is 14.6 Å². The molecule has 88 valence electrons. The van der Waals surface area contributed by atoms with Crippen LogP contribution in [0.5, 0.6) is 11.5 Å². The maximum absolute atomic E-state index is 11.9. The highest BCUT2D eigenvalue weighted by molar-refractivity contribution is 5.88. The van der Waals surface area contributed by atoms with Crippen LogP contribution >= 0.6 is 0 Å². The molecule has 0 unspecified atom stereocenters. The number of methoxy groups -OCH3 is 1. The fourth-order valence-electron chi connectivity index (χ4n) is 1.16. The third-order valence-electron chi connectivity index (χ3n) is 1.95. The van der Waals surface area contributed by atoms with Crippen LogP contribution in [0.15, 0.2) is 18.2 Å². The molecule has 0 spiro atoms. The van der Waals surface area contributed by atoms with Crippen molar-refractivity contribution in [3.8, 4) is 11.5 Å². The first-order valence-corrected chi connectivity index (χ1v) is 4.79. The van der Waals surface area contributed by atoms with Crippen LogP contribution in [0.2, 0.25) is 0 Å². The number of rotatable bonds is 6. The fourth-order valence-corrected chi connectivity index (χ4v) is 1.16. The minimum Gasteiger partial charge on any atom is -0.493 e. The standard InChI is InChI=1S/C11H13FO4/c1-15-9-4-3-8(11(13)14)7-10(9)16-6-2-5-12/h3-4,7H,2,5-6H2,1H3,(H,13,14). The van der Waals surface area contributed by atoms with E-state index in [2.05, 4.69) is 0 Å². The van der Waals surface area contributed by atoms with Gasteiger partial charge in [-0.3, -0.25) is 4.39 Å². The normalized spacial score (nSPS) is 9.88. The molecule has 1 rings (SSSR count).